The van der Waals surface area contributed by atoms with E-state index < -0.39 is 43.1 Å². The van der Waals surface area contributed by atoms with Crippen LogP contribution in [0.1, 0.15) is 24.9 Å². The third kappa shape index (κ3) is 7.21. The number of benzene rings is 2. The summed E-state index contributed by atoms with van der Waals surface area (Å²) >= 11 is 1.48. The third-order valence-corrected chi connectivity index (χ3v) is 5.33. The maximum absolute atomic E-state index is 14.1. The summed E-state index contributed by atoms with van der Waals surface area (Å²) in [4.78, 5) is 13.2. The van der Waals surface area contributed by atoms with Gasteiger partial charge < -0.3 is 5.32 Å². The fraction of sp³-hybridized carbons (Fsp3) is 0.364. The van der Waals surface area contributed by atoms with E-state index in [1.54, 1.807) is 36.4 Å². The lowest BCUT2D eigenvalue weighted by Gasteiger charge is -2.29. The molecule has 0 aromatic heterocycles. The highest BCUT2D eigenvalue weighted by Crippen LogP contribution is 2.39. The molecule has 2 aromatic rings. The zero-order valence-corrected chi connectivity index (χ0v) is 18.2. The molecule has 10 heteroatoms. The molecule has 0 bridgehead atoms. The highest BCUT2D eigenvalue weighted by Gasteiger charge is 2.45. The van der Waals surface area contributed by atoms with Crippen molar-refractivity contribution in [2.24, 2.45) is 0 Å². The first-order chi connectivity index (χ1) is 15.0. The lowest BCUT2D eigenvalue weighted by atomic mass is 9.93. The molecule has 0 saturated heterocycles. The first-order valence-electron chi connectivity index (χ1n) is 9.55. The van der Waals surface area contributed by atoms with E-state index in [9.17, 15) is 26.7 Å². The van der Waals surface area contributed by atoms with Crippen molar-refractivity contribution in [1.82, 2.24) is 10.6 Å². The van der Waals surface area contributed by atoms with E-state index in [-0.39, 0.29) is 11.1 Å². The van der Waals surface area contributed by atoms with Crippen molar-refractivity contribution in [3.8, 4) is 17.2 Å². The Morgan fingerprint density at radius 1 is 1.09 bits per heavy atom. The average molecular weight is 471 g/mol. The van der Waals surface area contributed by atoms with E-state index in [0.29, 0.717) is 12.5 Å². The molecule has 0 saturated carbocycles. The van der Waals surface area contributed by atoms with Gasteiger partial charge in [0, 0.05) is 11.3 Å². The van der Waals surface area contributed by atoms with Crippen LogP contribution >= 0.6 is 11.8 Å². The van der Waals surface area contributed by atoms with Gasteiger partial charge in [-0.15, -0.1) is 11.8 Å². The fourth-order valence-electron chi connectivity index (χ4n) is 3.18. The van der Waals surface area contributed by atoms with Crippen LogP contribution in [0.4, 0.5) is 22.0 Å². The second-order valence-electron chi connectivity index (χ2n) is 7.16. The topological polar surface area (TPSA) is 64.9 Å². The highest BCUT2D eigenvalue weighted by atomic mass is 32.2. The molecule has 2 aromatic carbocycles. The zero-order chi connectivity index (χ0) is 23.9. The molecule has 1 amide bonds. The molecule has 0 fully saturated rings. The number of nitrogens with one attached hydrogen (secondary N) is 2. The number of halogens is 5. The minimum absolute atomic E-state index is 0.200. The Bertz CT molecular complexity index is 952. The minimum atomic E-state index is -4.88. The smallest absolute Gasteiger partial charge is 0.342 e. The van der Waals surface area contributed by atoms with Gasteiger partial charge in [0.25, 0.3) is 0 Å². The molecule has 0 aliphatic heterocycles. The van der Waals surface area contributed by atoms with Gasteiger partial charge >= 0.3 is 6.18 Å². The number of carbonyl (C=O) groups excluding carboxylic acids is 1. The molecule has 2 N–H and O–H groups in total. The first-order valence-corrected chi connectivity index (χ1v) is 10.8. The second kappa shape index (κ2) is 10.8. The predicted octanol–water partition coefficient (Wildman–Crippen LogP) is 5.32. The number of nitriles is 1. The van der Waals surface area contributed by atoms with Gasteiger partial charge in [-0.25, -0.2) is 8.78 Å². The standard InChI is InChI=1S/C22H22F5N3OS/c1-21(23,24)13-18(20(31)29-12-11-28)30-19(22(25,26)27)17-6-4-3-5-16(17)14-7-9-15(32-2)10-8-14/h3-10,18-19,30H,12-13H2,1-2H3,(H,29,31)/t18-,19-/m0/s1. The molecule has 2 rings (SSSR count). The molecular formula is C22H22F5N3OS. The van der Waals surface area contributed by atoms with Crippen LogP contribution < -0.4 is 10.6 Å². The third-order valence-electron chi connectivity index (χ3n) is 4.59. The Labute approximate surface area is 187 Å². The van der Waals surface area contributed by atoms with Crippen LogP contribution in [0.15, 0.2) is 53.4 Å². The van der Waals surface area contributed by atoms with Gasteiger partial charge in [0.1, 0.15) is 12.6 Å². The monoisotopic (exact) mass is 471 g/mol. The van der Waals surface area contributed by atoms with E-state index in [4.69, 9.17) is 5.26 Å². The summed E-state index contributed by atoms with van der Waals surface area (Å²) in [5.41, 5.74) is 0.574. The van der Waals surface area contributed by atoms with E-state index >= 15 is 0 Å². The van der Waals surface area contributed by atoms with Crippen molar-refractivity contribution in [2.45, 2.75) is 42.4 Å². The molecule has 0 radical (unpaired) electrons. The van der Waals surface area contributed by atoms with Gasteiger partial charge in [-0.05, 0) is 42.0 Å². The molecule has 0 heterocycles. The Morgan fingerprint density at radius 2 is 1.72 bits per heavy atom. The number of hydrogen-bond donors (Lipinski definition) is 2. The van der Waals surface area contributed by atoms with Crippen molar-refractivity contribution in [2.75, 3.05) is 12.8 Å². The Balaban J connectivity index is 2.49. The lowest BCUT2D eigenvalue weighted by molar-refractivity contribution is -0.162. The maximum Gasteiger partial charge on any atom is 0.407 e. The number of hydrogen-bond acceptors (Lipinski definition) is 4. The number of amides is 1. The SMILES string of the molecule is CSc1ccc(-c2ccccc2[C@H](N[C@@H](CC(C)(F)F)C(=O)NCC#N)C(F)(F)F)cc1. The van der Waals surface area contributed by atoms with Crippen molar-refractivity contribution in [3.05, 3.63) is 54.1 Å². The molecule has 2 atom stereocenters. The largest absolute Gasteiger partial charge is 0.407 e. The van der Waals surface area contributed by atoms with Crippen LogP contribution in [0.5, 0.6) is 0 Å². The summed E-state index contributed by atoms with van der Waals surface area (Å²) in [5, 5.41) is 12.7. The molecule has 32 heavy (non-hydrogen) atoms. The maximum atomic E-state index is 14.1. The van der Waals surface area contributed by atoms with Gasteiger partial charge in [0.15, 0.2) is 0 Å². The predicted molar refractivity (Wildman–Crippen MR) is 113 cm³/mol. The quantitative estimate of drug-likeness (QED) is 0.295. The van der Waals surface area contributed by atoms with Gasteiger partial charge in [-0.2, -0.15) is 18.4 Å². The van der Waals surface area contributed by atoms with E-state index in [2.05, 4.69) is 10.6 Å². The number of nitrogens with zero attached hydrogens (tertiary/aromatic N) is 1. The summed E-state index contributed by atoms with van der Waals surface area (Å²) in [7, 11) is 0. The lowest BCUT2D eigenvalue weighted by Crippen LogP contribution is -2.51. The van der Waals surface area contributed by atoms with Crippen molar-refractivity contribution < 1.29 is 26.7 Å². The van der Waals surface area contributed by atoms with Crippen LogP contribution in [0.3, 0.4) is 0 Å². The first kappa shape index (κ1) is 25.6. The van der Waals surface area contributed by atoms with Gasteiger partial charge in [-0.3, -0.25) is 10.1 Å². The van der Waals surface area contributed by atoms with Crippen molar-refractivity contribution >= 4 is 17.7 Å². The molecule has 0 unspecified atom stereocenters. The number of rotatable bonds is 9. The highest BCUT2D eigenvalue weighted by molar-refractivity contribution is 7.98. The van der Waals surface area contributed by atoms with Crippen LogP contribution in [0.25, 0.3) is 11.1 Å². The van der Waals surface area contributed by atoms with Crippen molar-refractivity contribution in [1.29, 1.82) is 5.26 Å². The van der Waals surface area contributed by atoms with Gasteiger partial charge in [0.2, 0.25) is 11.8 Å². The zero-order valence-electron chi connectivity index (χ0n) is 17.3. The molecule has 4 nitrogen and oxygen atoms in total. The summed E-state index contributed by atoms with van der Waals surface area (Å²) in [5.74, 6) is -4.52. The van der Waals surface area contributed by atoms with Crippen LogP contribution in [-0.4, -0.2) is 36.8 Å². The second-order valence-corrected chi connectivity index (χ2v) is 8.04. The Hall–Kier alpha value is -2.64. The van der Waals surface area contributed by atoms with Crippen LogP contribution in [0, 0.1) is 11.3 Å². The molecular weight excluding hydrogens is 449 g/mol. The summed E-state index contributed by atoms with van der Waals surface area (Å²) < 4.78 is 69.6. The minimum Gasteiger partial charge on any atom is -0.342 e. The summed E-state index contributed by atoms with van der Waals surface area (Å²) in [6.07, 6.45) is -4.18. The molecule has 0 aliphatic rings. The Morgan fingerprint density at radius 3 is 2.25 bits per heavy atom. The van der Waals surface area contributed by atoms with E-state index in [1.807, 2.05) is 6.26 Å². The van der Waals surface area contributed by atoms with E-state index in [0.717, 1.165) is 4.90 Å². The molecule has 0 spiro atoms. The number of carbonyl (C=O) groups is 1. The Kier molecular flexibility index (Phi) is 8.64. The fourth-order valence-corrected chi connectivity index (χ4v) is 3.59. The normalized spacial score (nSPS) is 13.8. The van der Waals surface area contributed by atoms with Crippen LogP contribution in [0.2, 0.25) is 0 Å². The average Bonchev–Trinajstić information content (AvgIpc) is 2.73. The van der Waals surface area contributed by atoms with Crippen LogP contribution in [-0.2, 0) is 4.79 Å². The summed E-state index contributed by atoms with van der Waals surface area (Å²) in [6, 6.07) is 9.96. The molecule has 0 aliphatic carbocycles. The van der Waals surface area contributed by atoms with Gasteiger partial charge in [-0.1, -0.05) is 36.4 Å². The number of alkyl halides is 5. The van der Waals surface area contributed by atoms with Gasteiger partial charge in [0.05, 0.1) is 12.1 Å². The molecule has 172 valence electrons. The number of thioether (sulfide) groups is 1. The summed E-state index contributed by atoms with van der Waals surface area (Å²) in [6.45, 7) is 0.00442. The van der Waals surface area contributed by atoms with Crippen molar-refractivity contribution in [3.63, 3.8) is 0 Å². The van der Waals surface area contributed by atoms with E-state index in [1.165, 1.54) is 30.0 Å².